The molecular formula is H5K3OP. The molecule has 0 spiro atoms. The van der Waals surface area contributed by atoms with Crippen LogP contribution in [0, 0.1) is 0 Å². The van der Waals surface area contributed by atoms with Gasteiger partial charge in [0.1, 0.15) is 0 Å². The van der Waals surface area contributed by atoms with E-state index in [2.05, 4.69) is 0 Å². The van der Waals surface area contributed by atoms with Crippen LogP contribution in [0.2, 0.25) is 0 Å². The molecule has 0 saturated carbocycles. The Bertz CT molecular complexity index is 6.85. The SMILES string of the molecule is O.P.[K].[K].[K]. The van der Waals surface area contributed by atoms with E-state index in [4.69, 9.17) is 0 Å². The first-order chi connectivity index (χ1) is 0. The molecule has 0 amide bonds. The summed E-state index contributed by atoms with van der Waals surface area (Å²) in [5, 5.41) is 0. The average molecular weight is 169 g/mol. The Morgan fingerprint density at radius 1 is 0.600 bits per heavy atom. The summed E-state index contributed by atoms with van der Waals surface area (Å²) in [6.07, 6.45) is 0. The first kappa shape index (κ1) is 31.7. The van der Waals surface area contributed by atoms with Gasteiger partial charge in [-0.1, -0.05) is 0 Å². The van der Waals surface area contributed by atoms with Crippen molar-refractivity contribution < 1.29 is 5.48 Å². The molecule has 0 heterocycles. The summed E-state index contributed by atoms with van der Waals surface area (Å²) in [5.41, 5.74) is 0. The van der Waals surface area contributed by atoms with Gasteiger partial charge < -0.3 is 5.48 Å². The Morgan fingerprint density at radius 2 is 0.600 bits per heavy atom. The normalized spacial score (nSPS) is 0. The Balaban J connectivity index is 0. The van der Waals surface area contributed by atoms with E-state index >= 15 is 0 Å². The van der Waals surface area contributed by atoms with E-state index in [1.807, 2.05) is 0 Å². The van der Waals surface area contributed by atoms with Gasteiger partial charge in [0, 0.05) is 154 Å². The zero-order chi connectivity index (χ0) is 0. The quantitative estimate of drug-likeness (QED) is 0.299. The minimum Gasteiger partial charge on any atom is -0.412 e. The van der Waals surface area contributed by atoms with Gasteiger partial charge in [0.15, 0.2) is 0 Å². The van der Waals surface area contributed by atoms with Crippen molar-refractivity contribution in [3.8, 4) is 0 Å². The van der Waals surface area contributed by atoms with Gasteiger partial charge in [-0.15, -0.1) is 0 Å². The first-order valence-corrected chi connectivity index (χ1v) is 0. The van der Waals surface area contributed by atoms with Crippen LogP contribution in [0.25, 0.3) is 0 Å². The summed E-state index contributed by atoms with van der Waals surface area (Å²) in [6, 6.07) is 0. The standard InChI is InChI=1S/3K.H2O.H3P/h;;;1H2;1H3. The third kappa shape index (κ3) is 17.6. The monoisotopic (exact) mass is 169 g/mol. The molecule has 1 nitrogen and oxygen atoms in total. The van der Waals surface area contributed by atoms with Crippen LogP contribution >= 0.6 is 9.90 Å². The van der Waals surface area contributed by atoms with Gasteiger partial charge in [0.2, 0.25) is 0 Å². The fourth-order valence-corrected chi connectivity index (χ4v) is 0. The number of hydrogen-bond acceptors (Lipinski definition) is 0. The molecule has 0 saturated heterocycles. The molecule has 0 fully saturated rings. The van der Waals surface area contributed by atoms with Crippen LogP contribution in [0.4, 0.5) is 0 Å². The molecular weight excluding hydrogens is 164 g/mol. The maximum atomic E-state index is 0. The van der Waals surface area contributed by atoms with Crippen molar-refractivity contribution in [2.45, 2.75) is 0 Å². The van der Waals surface area contributed by atoms with Crippen molar-refractivity contribution in [2.24, 2.45) is 0 Å². The molecule has 0 aromatic heterocycles. The minimum atomic E-state index is 0. The maximum absolute atomic E-state index is 0. The summed E-state index contributed by atoms with van der Waals surface area (Å²) in [6.45, 7) is 0. The zero-order valence-corrected chi connectivity index (χ0v) is 15.0. The summed E-state index contributed by atoms with van der Waals surface area (Å²) in [5.74, 6) is 0. The third-order valence-electron chi connectivity index (χ3n) is 0. The maximum Gasteiger partial charge on any atom is 0 e. The van der Waals surface area contributed by atoms with Gasteiger partial charge in [-0.2, -0.15) is 9.90 Å². The van der Waals surface area contributed by atoms with Crippen LogP contribution in [-0.4, -0.2) is 160 Å². The summed E-state index contributed by atoms with van der Waals surface area (Å²) >= 11 is 0. The van der Waals surface area contributed by atoms with Crippen LogP contribution in [0.15, 0.2) is 0 Å². The molecule has 0 aliphatic rings. The first-order valence-electron chi connectivity index (χ1n) is 0. The fraction of sp³-hybridized carbons (Fsp3) is 0. The molecule has 1 unspecified atom stereocenters. The van der Waals surface area contributed by atoms with E-state index in [0.717, 1.165) is 0 Å². The van der Waals surface area contributed by atoms with Gasteiger partial charge in [-0.3, -0.25) is 0 Å². The number of rotatable bonds is 0. The van der Waals surface area contributed by atoms with Gasteiger partial charge >= 0.3 is 0 Å². The third-order valence-corrected chi connectivity index (χ3v) is 0. The van der Waals surface area contributed by atoms with Gasteiger partial charge in [0.25, 0.3) is 0 Å². The van der Waals surface area contributed by atoms with Crippen molar-refractivity contribution in [3.63, 3.8) is 0 Å². The predicted octanol–water partition coefficient (Wildman–Crippen LogP) is -1.91. The molecule has 1 atom stereocenters. The smallest absolute Gasteiger partial charge is 0 e. The second-order valence-corrected chi connectivity index (χ2v) is 0. The summed E-state index contributed by atoms with van der Waals surface area (Å²) in [7, 11) is 0. The second-order valence-electron chi connectivity index (χ2n) is 0. The van der Waals surface area contributed by atoms with Gasteiger partial charge in [0.05, 0.1) is 0 Å². The van der Waals surface area contributed by atoms with E-state index in [1.165, 1.54) is 0 Å². The second kappa shape index (κ2) is 22.8. The van der Waals surface area contributed by atoms with Crippen LogP contribution < -0.4 is 0 Å². The molecule has 0 aromatic carbocycles. The Kier molecular flexibility index (Phi) is 145. The molecule has 0 rings (SSSR count). The Morgan fingerprint density at radius 3 is 0.600 bits per heavy atom. The average Bonchev–Trinajstić information content (AvgIpc) is 0. The molecule has 0 bridgehead atoms. The van der Waals surface area contributed by atoms with Crippen molar-refractivity contribution in [3.05, 3.63) is 0 Å². The van der Waals surface area contributed by atoms with E-state index in [1.54, 1.807) is 0 Å². The van der Waals surface area contributed by atoms with E-state index in [0.29, 0.717) is 0 Å². The molecule has 0 aliphatic carbocycles. The van der Waals surface area contributed by atoms with E-state index in [9.17, 15) is 0 Å². The molecule has 2 N–H and O–H groups in total. The van der Waals surface area contributed by atoms with E-state index in [-0.39, 0.29) is 170 Å². The van der Waals surface area contributed by atoms with Crippen LogP contribution in [0.3, 0.4) is 0 Å². The van der Waals surface area contributed by atoms with Gasteiger partial charge in [-0.25, -0.2) is 0 Å². The van der Waals surface area contributed by atoms with Crippen molar-refractivity contribution >= 4 is 164 Å². The van der Waals surface area contributed by atoms with Gasteiger partial charge in [-0.05, 0) is 0 Å². The minimum absolute atomic E-state index is 0. The molecule has 19 valence electrons. The van der Waals surface area contributed by atoms with E-state index < -0.39 is 0 Å². The van der Waals surface area contributed by atoms with Crippen molar-refractivity contribution in [1.82, 2.24) is 0 Å². The van der Waals surface area contributed by atoms with Crippen LogP contribution in [0.5, 0.6) is 0 Å². The van der Waals surface area contributed by atoms with Crippen LogP contribution in [-0.2, 0) is 0 Å². The topological polar surface area (TPSA) is 31.5 Å². The molecule has 0 aromatic rings. The Hall–Kier alpha value is 5.30. The zero-order valence-electron chi connectivity index (χ0n) is 4.21. The molecule has 5 heavy (non-hydrogen) atoms. The summed E-state index contributed by atoms with van der Waals surface area (Å²) in [4.78, 5) is 0. The predicted molar refractivity (Wildman–Crippen MR) is 32.0 cm³/mol. The Labute approximate surface area is 163 Å². The molecule has 0 aliphatic heterocycles. The fourth-order valence-electron chi connectivity index (χ4n) is 0. The molecule has 5 heteroatoms. The number of hydrogen-bond donors (Lipinski definition) is 0. The largest absolute Gasteiger partial charge is 0.412 e. The molecule has 3 radical (unpaired) electrons. The van der Waals surface area contributed by atoms with Crippen molar-refractivity contribution in [1.29, 1.82) is 0 Å². The van der Waals surface area contributed by atoms with Crippen molar-refractivity contribution in [2.75, 3.05) is 0 Å². The van der Waals surface area contributed by atoms with Crippen LogP contribution in [0.1, 0.15) is 0 Å². The summed E-state index contributed by atoms with van der Waals surface area (Å²) < 4.78 is 0.